The average molecular weight is 84.9 g/mol. The van der Waals surface area contributed by atoms with E-state index in [4.69, 9.17) is 0 Å². The summed E-state index contributed by atoms with van der Waals surface area (Å²) in [6, 6.07) is 0. The Morgan fingerprint density at radius 1 is 1.83 bits per heavy atom. The molecule has 0 aliphatic heterocycles. The number of allylic oxidation sites excluding steroid dienone is 1. The van der Waals surface area contributed by atoms with Crippen molar-refractivity contribution in [3.63, 3.8) is 0 Å². The molecule has 0 fully saturated rings. The van der Waals surface area contributed by atoms with Crippen LogP contribution in [0, 0.1) is 0 Å². The maximum atomic E-state index is 10.8. The van der Waals surface area contributed by atoms with Gasteiger partial charge in [0.2, 0.25) is 0 Å². The van der Waals surface area contributed by atoms with Crippen LogP contribution in [0.4, 0.5) is 4.32 Å². The molecule has 0 spiro atoms. The Morgan fingerprint density at radius 2 is 2.50 bits per heavy atom. The summed E-state index contributed by atoms with van der Waals surface area (Å²) in [5, 5.41) is 0. The van der Waals surface area contributed by atoms with Gasteiger partial charge >= 0.3 is 35.8 Å². The molecule has 0 aromatic heterocycles. The van der Waals surface area contributed by atoms with Gasteiger partial charge in [-0.3, -0.25) is 0 Å². The second kappa shape index (κ2) is 4.53. The van der Waals surface area contributed by atoms with Crippen LogP contribution in [0.15, 0.2) is 17.2 Å². The van der Waals surface area contributed by atoms with E-state index in [1.165, 1.54) is 6.20 Å². The predicted octanol–water partition coefficient (Wildman–Crippen LogP) is 1.29. The molecule has 32 valence electrons. The van der Waals surface area contributed by atoms with Crippen LogP contribution in [0.5, 0.6) is 0 Å². The number of rotatable bonds is 1. The molecule has 1 nitrogen and oxygen atoms in total. The van der Waals surface area contributed by atoms with Gasteiger partial charge in [0.05, 0.1) is 0 Å². The summed E-state index contributed by atoms with van der Waals surface area (Å²) in [5.74, 6) is 0. The fraction of sp³-hybridized carbons (Fsp3) is 0.333. The fourth-order valence-electron chi connectivity index (χ4n) is 0.119. The molecule has 0 aliphatic rings. The normalized spacial score (nSPS) is 10.3. The molecule has 0 bridgehead atoms. The first-order valence-electron chi connectivity index (χ1n) is 1.65. The summed E-state index contributed by atoms with van der Waals surface area (Å²) in [6.45, 7) is 1.77. The van der Waals surface area contributed by atoms with E-state index in [1.54, 1.807) is 13.0 Å². The SMILES string of the molecule is CC=CN=BF. The molecular formula is C3H5BFN. The zero-order valence-electron chi connectivity index (χ0n) is 3.56. The summed E-state index contributed by atoms with van der Waals surface area (Å²) in [7, 11) is 0.250. The van der Waals surface area contributed by atoms with Crippen molar-refractivity contribution in [2.45, 2.75) is 6.92 Å². The van der Waals surface area contributed by atoms with Gasteiger partial charge in [0, 0.05) is 0 Å². The van der Waals surface area contributed by atoms with Gasteiger partial charge in [0.25, 0.3) is 0 Å². The molecule has 3 heteroatoms. The van der Waals surface area contributed by atoms with Crippen LogP contribution >= 0.6 is 0 Å². The molecule has 6 heavy (non-hydrogen) atoms. The molecule has 0 heterocycles. The van der Waals surface area contributed by atoms with Crippen molar-refractivity contribution in [2.24, 2.45) is 4.90 Å². The van der Waals surface area contributed by atoms with Crippen LogP contribution < -0.4 is 0 Å². The van der Waals surface area contributed by atoms with Crippen molar-refractivity contribution in [2.75, 3.05) is 0 Å². The van der Waals surface area contributed by atoms with Gasteiger partial charge in [-0.1, -0.05) is 0 Å². The molecule has 0 saturated heterocycles. The third-order valence-electron chi connectivity index (χ3n) is 0.291. The minimum absolute atomic E-state index is 0.250. The third-order valence-corrected chi connectivity index (χ3v) is 0.291. The van der Waals surface area contributed by atoms with Gasteiger partial charge < -0.3 is 0 Å². The van der Waals surface area contributed by atoms with E-state index in [1.807, 2.05) is 0 Å². The third kappa shape index (κ3) is 3.53. The van der Waals surface area contributed by atoms with E-state index in [9.17, 15) is 4.32 Å². The molecule has 0 unspecified atom stereocenters. The molecule has 0 saturated carbocycles. The summed E-state index contributed by atoms with van der Waals surface area (Å²) in [6.07, 6.45) is 3.02. The Bertz CT molecular complexity index is 59.2. The number of nitrogens with zero attached hydrogens (tertiary/aromatic N) is 1. The van der Waals surface area contributed by atoms with Crippen LogP contribution in [-0.4, -0.2) is 7.35 Å². The van der Waals surface area contributed by atoms with Crippen LogP contribution in [0.3, 0.4) is 0 Å². The minimum atomic E-state index is 0.250. The monoisotopic (exact) mass is 85.0 g/mol. The van der Waals surface area contributed by atoms with E-state index in [0.717, 1.165) is 0 Å². The van der Waals surface area contributed by atoms with Gasteiger partial charge in [-0.2, -0.15) is 0 Å². The Kier molecular flexibility index (Phi) is 4.18. The van der Waals surface area contributed by atoms with Gasteiger partial charge in [0.1, 0.15) is 0 Å². The Balaban J connectivity index is 3.07. The maximum absolute atomic E-state index is 10.8. The zero-order valence-corrected chi connectivity index (χ0v) is 3.56. The quantitative estimate of drug-likeness (QED) is 0.425. The first-order valence-corrected chi connectivity index (χ1v) is 1.65. The second-order valence-corrected chi connectivity index (χ2v) is 0.729. The van der Waals surface area contributed by atoms with E-state index in [-0.39, 0.29) is 7.35 Å². The average Bonchev–Trinajstić information content (AvgIpc) is 1.61. The van der Waals surface area contributed by atoms with Gasteiger partial charge in [-0.15, -0.1) is 0 Å². The standard InChI is InChI=1S/C3H5BFN/c1-2-3-6-4-5/h2-3H,1H3. The zero-order chi connectivity index (χ0) is 4.83. The number of hydrogen-bond donors (Lipinski definition) is 0. The van der Waals surface area contributed by atoms with E-state index in [0.29, 0.717) is 0 Å². The van der Waals surface area contributed by atoms with Crippen LogP contribution in [0.2, 0.25) is 0 Å². The van der Waals surface area contributed by atoms with Crippen molar-refractivity contribution in [1.82, 2.24) is 0 Å². The van der Waals surface area contributed by atoms with Crippen molar-refractivity contribution in [3.05, 3.63) is 12.3 Å². The first-order chi connectivity index (χ1) is 2.91. The summed E-state index contributed by atoms with van der Waals surface area (Å²) in [5.41, 5.74) is 0. The Labute approximate surface area is 36.9 Å². The molecular weight excluding hydrogens is 79.8 g/mol. The Morgan fingerprint density at radius 3 is 2.67 bits per heavy atom. The van der Waals surface area contributed by atoms with Crippen molar-refractivity contribution >= 4 is 7.35 Å². The van der Waals surface area contributed by atoms with Crippen molar-refractivity contribution in [3.8, 4) is 0 Å². The predicted molar refractivity (Wildman–Crippen MR) is 24.1 cm³/mol. The van der Waals surface area contributed by atoms with Crippen molar-refractivity contribution < 1.29 is 4.32 Å². The molecule has 0 aromatic rings. The molecule has 0 atom stereocenters. The second-order valence-electron chi connectivity index (χ2n) is 0.729. The van der Waals surface area contributed by atoms with Gasteiger partial charge in [-0.05, 0) is 0 Å². The number of hydrogen-bond acceptors (Lipinski definition) is 1. The van der Waals surface area contributed by atoms with E-state index in [2.05, 4.69) is 4.90 Å². The molecule has 0 N–H and O–H groups in total. The summed E-state index contributed by atoms with van der Waals surface area (Å²) >= 11 is 0. The van der Waals surface area contributed by atoms with Crippen molar-refractivity contribution in [1.29, 1.82) is 0 Å². The van der Waals surface area contributed by atoms with E-state index >= 15 is 0 Å². The van der Waals surface area contributed by atoms with Crippen LogP contribution in [0.25, 0.3) is 0 Å². The topological polar surface area (TPSA) is 12.4 Å². The first kappa shape index (κ1) is 5.53. The fourth-order valence-corrected chi connectivity index (χ4v) is 0.119. The van der Waals surface area contributed by atoms with Gasteiger partial charge in [0.15, 0.2) is 0 Å². The summed E-state index contributed by atoms with van der Waals surface area (Å²) in [4.78, 5) is 3.12. The Hall–Kier alpha value is -0.465. The van der Waals surface area contributed by atoms with E-state index < -0.39 is 0 Å². The molecule has 0 rings (SSSR count). The molecule has 0 aromatic carbocycles. The molecule has 0 amide bonds. The number of halogens is 1. The van der Waals surface area contributed by atoms with Crippen LogP contribution in [-0.2, 0) is 0 Å². The van der Waals surface area contributed by atoms with Gasteiger partial charge in [-0.25, -0.2) is 0 Å². The van der Waals surface area contributed by atoms with Crippen LogP contribution in [0.1, 0.15) is 6.92 Å². The molecule has 0 aliphatic carbocycles. The molecule has 0 radical (unpaired) electrons. The summed E-state index contributed by atoms with van der Waals surface area (Å²) < 4.78 is 10.8.